The van der Waals surface area contributed by atoms with Crippen LogP contribution in [0.2, 0.25) is 0 Å². The quantitative estimate of drug-likeness (QED) is 0.166. The smallest absolute Gasteiger partial charge is 0.331 e. The number of ketones is 1. The van der Waals surface area contributed by atoms with Gasteiger partial charge in [0.05, 0.1) is 25.4 Å². The van der Waals surface area contributed by atoms with Crippen LogP contribution in [0.25, 0.3) is 0 Å². The molecule has 0 saturated heterocycles. The molecule has 0 saturated carbocycles. The van der Waals surface area contributed by atoms with E-state index in [0.29, 0.717) is 22.9 Å². The number of carbonyl (C=O) groups is 1. The maximum absolute atomic E-state index is 14.0. The van der Waals surface area contributed by atoms with Crippen LogP contribution < -0.4 is 20.9 Å². The number of nitrogens with zero attached hydrogens (tertiary/aromatic N) is 3. The molecule has 0 radical (unpaired) electrons. The summed E-state index contributed by atoms with van der Waals surface area (Å²) in [5.74, 6) is -0.202. The number of methoxy groups -OCH3 is 1. The molecule has 0 aliphatic rings. The Balaban J connectivity index is 1.84. The molecule has 0 fully saturated rings. The average molecular weight is 596 g/mol. The maximum Gasteiger partial charge on any atom is 0.331 e. The summed E-state index contributed by atoms with van der Waals surface area (Å²) in [6, 6.07) is 19.1. The van der Waals surface area contributed by atoms with Crippen LogP contribution in [0.5, 0.6) is 5.75 Å². The summed E-state index contributed by atoms with van der Waals surface area (Å²) in [6.07, 6.45) is 5.96. The monoisotopic (exact) mass is 595 g/mol. The van der Waals surface area contributed by atoms with Crippen molar-refractivity contribution >= 4 is 11.5 Å². The van der Waals surface area contributed by atoms with Gasteiger partial charge in [-0.15, -0.1) is 0 Å². The Bertz CT molecular complexity index is 1790. The minimum Gasteiger partial charge on any atom is -0.495 e. The molecule has 4 rings (SSSR count). The van der Waals surface area contributed by atoms with Crippen molar-refractivity contribution in [2.24, 2.45) is 5.92 Å². The van der Waals surface area contributed by atoms with Gasteiger partial charge in [-0.1, -0.05) is 68.5 Å². The van der Waals surface area contributed by atoms with Crippen LogP contribution in [0.15, 0.2) is 113 Å². The molecule has 7 nitrogen and oxygen atoms in total. The maximum atomic E-state index is 14.0. The molecule has 2 atom stereocenters. The number of allylic oxidation sites excluding steroid dienone is 1. The van der Waals surface area contributed by atoms with Crippen molar-refractivity contribution in [2.75, 3.05) is 12.0 Å². The lowest BCUT2D eigenvalue weighted by Crippen LogP contribution is -2.44. The van der Waals surface area contributed by atoms with E-state index in [9.17, 15) is 18.8 Å². The highest BCUT2D eigenvalue weighted by atomic mass is 19.1. The van der Waals surface area contributed by atoms with E-state index in [1.165, 1.54) is 42.1 Å². The van der Waals surface area contributed by atoms with Crippen molar-refractivity contribution in [1.29, 1.82) is 0 Å². The molecule has 4 aromatic rings. The molecule has 1 aromatic heterocycles. The zero-order valence-electron chi connectivity index (χ0n) is 25.8. The van der Waals surface area contributed by atoms with E-state index in [2.05, 4.69) is 27.4 Å². The molecule has 0 spiro atoms. The zero-order chi connectivity index (χ0) is 32.0. The summed E-state index contributed by atoms with van der Waals surface area (Å²) >= 11 is 0. The Kier molecular flexibility index (Phi) is 10.2. The summed E-state index contributed by atoms with van der Waals surface area (Å²) < 4.78 is 21.7. The van der Waals surface area contributed by atoms with Crippen molar-refractivity contribution < 1.29 is 13.9 Å². The number of ether oxygens (including phenoxy) is 1. The minimum absolute atomic E-state index is 0.148. The molecule has 2 unspecified atom stereocenters. The van der Waals surface area contributed by atoms with Crippen LogP contribution in [0.1, 0.15) is 67.2 Å². The first-order chi connectivity index (χ1) is 21.1. The van der Waals surface area contributed by atoms with E-state index in [1.807, 2.05) is 41.4 Å². The van der Waals surface area contributed by atoms with Gasteiger partial charge in [-0.05, 0) is 67.6 Å². The van der Waals surface area contributed by atoms with Gasteiger partial charge >= 0.3 is 5.69 Å². The Morgan fingerprint density at radius 1 is 1.05 bits per heavy atom. The van der Waals surface area contributed by atoms with Crippen molar-refractivity contribution in [1.82, 2.24) is 9.13 Å². The number of hydrogen-bond acceptors (Lipinski definition) is 5. The molecule has 8 heteroatoms. The minimum atomic E-state index is -0.760. The molecule has 0 N–H and O–H groups in total. The highest BCUT2D eigenvalue weighted by Crippen LogP contribution is 2.32. The van der Waals surface area contributed by atoms with Crippen LogP contribution in [0.4, 0.5) is 10.1 Å². The lowest BCUT2D eigenvalue weighted by molar-refractivity contribution is 0.103. The number of aromatic nitrogens is 2. The second-order valence-electron chi connectivity index (χ2n) is 10.8. The predicted octanol–water partition coefficient (Wildman–Crippen LogP) is 6.95. The SMILES string of the molecule is C=CN(/C=C(/C)C(C)CC)c1ccc(C(=O)c2cn(Cc3ccccc3)c(=O)n(C(C)c3ccc(F)cc3)c2=O)cc1OC. The molecule has 44 heavy (non-hydrogen) atoms. The van der Waals surface area contributed by atoms with Gasteiger partial charge in [0, 0.05) is 24.2 Å². The molecule has 0 amide bonds. The molecule has 228 valence electrons. The highest BCUT2D eigenvalue weighted by Gasteiger charge is 2.24. The number of halogens is 1. The third-order valence-corrected chi connectivity index (χ3v) is 8.02. The third-order valence-electron chi connectivity index (χ3n) is 8.02. The summed E-state index contributed by atoms with van der Waals surface area (Å²) in [7, 11) is 1.51. The second kappa shape index (κ2) is 14.0. The fraction of sp³-hybridized carbons (Fsp3) is 0.250. The van der Waals surface area contributed by atoms with Crippen molar-refractivity contribution in [2.45, 2.75) is 46.7 Å². The summed E-state index contributed by atoms with van der Waals surface area (Å²) in [4.78, 5) is 43.4. The van der Waals surface area contributed by atoms with E-state index in [4.69, 9.17) is 4.74 Å². The van der Waals surface area contributed by atoms with Crippen LogP contribution in [0.3, 0.4) is 0 Å². The average Bonchev–Trinajstić information content (AvgIpc) is 3.04. The second-order valence-corrected chi connectivity index (χ2v) is 10.8. The number of benzene rings is 3. The molecular weight excluding hydrogens is 557 g/mol. The van der Waals surface area contributed by atoms with Crippen LogP contribution in [-0.4, -0.2) is 22.0 Å². The largest absolute Gasteiger partial charge is 0.495 e. The molecule has 0 aliphatic carbocycles. The van der Waals surface area contributed by atoms with E-state index in [0.717, 1.165) is 22.1 Å². The Morgan fingerprint density at radius 3 is 2.34 bits per heavy atom. The standard InChI is InChI=1S/C36H38FN3O4/c1-7-24(3)25(4)21-38(8-2)32-19-16-29(20-33(32)44-6)34(41)31-23-39(22-27-12-10-9-11-13-27)36(43)40(35(31)42)26(5)28-14-17-30(37)18-15-28/h8-21,23-24,26H,2,7,22H2,1,3-6H3/b25-21-. The van der Waals surface area contributed by atoms with Crippen molar-refractivity contribution in [3.63, 3.8) is 0 Å². The Hall–Kier alpha value is -4.98. The topological polar surface area (TPSA) is 73.5 Å². The highest BCUT2D eigenvalue weighted by molar-refractivity contribution is 6.09. The predicted molar refractivity (Wildman–Crippen MR) is 173 cm³/mol. The summed E-state index contributed by atoms with van der Waals surface area (Å²) in [6.45, 7) is 12.1. The van der Waals surface area contributed by atoms with Gasteiger partial charge in [0.15, 0.2) is 5.78 Å². The number of anilines is 1. The van der Waals surface area contributed by atoms with Gasteiger partial charge in [-0.25, -0.2) is 9.18 Å². The van der Waals surface area contributed by atoms with Crippen LogP contribution in [-0.2, 0) is 6.54 Å². The third kappa shape index (κ3) is 6.80. The first-order valence-corrected chi connectivity index (χ1v) is 14.6. The van der Waals surface area contributed by atoms with E-state index in [1.54, 1.807) is 31.3 Å². The Labute approximate surface area is 257 Å². The fourth-order valence-electron chi connectivity index (χ4n) is 4.98. The van der Waals surface area contributed by atoms with E-state index in [-0.39, 0.29) is 17.7 Å². The van der Waals surface area contributed by atoms with E-state index >= 15 is 0 Å². The van der Waals surface area contributed by atoms with Crippen LogP contribution >= 0.6 is 0 Å². The first kappa shape index (κ1) is 31.9. The summed E-state index contributed by atoms with van der Waals surface area (Å²) in [5.41, 5.74) is 1.96. The number of carbonyl (C=O) groups excluding carboxylic acids is 1. The van der Waals surface area contributed by atoms with Gasteiger partial charge in [0.2, 0.25) is 0 Å². The molecule has 1 heterocycles. The van der Waals surface area contributed by atoms with Gasteiger partial charge < -0.3 is 9.64 Å². The van der Waals surface area contributed by atoms with Gasteiger partial charge in [0.1, 0.15) is 17.1 Å². The van der Waals surface area contributed by atoms with Crippen LogP contribution in [0, 0.1) is 11.7 Å². The fourth-order valence-corrected chi connectivity index (χ4v) is 4.98. The molecule has 0 bridgehead atoms. The molecular formula is C36H38FN3O4. The van der Waals surface area contributed by atoms with E-state index < -0.39 is 28.9 Å². The van der Waals surface area contributed by atoms with Crippen molar-refractivity contribution in [3.05, 3.63) is 152 Å². The van der Waals surface area contributed by atoms with Gasteiger partial charge in [-0.3, -0.25) is 18.7 Å². The number of rotatable bonds is 12. The lowest BCUT2D eigenvalue weighted by atomic mass is 10.0. The lowest BCUT2D eigenvalue weighted by Gasteiger charge is -2.22. The van der Waals surface area contributed by atoms with Crippen molar-refractivity contribution in [3.8, 4) is 5.75 Å². The zero-order valence-corrected chi connectivity index (χ0v) is 25.8. The Morgan fingerprint density at radius 2 is 1.73 bits per heavy atom. The number of hydrogen-bond donors (Lipinski definition) is 0. The van der Waals surface area contributed by atoms with Gasteiger partial charge in [-0.2, -0.15) is 0 Å². The molecule has 3 aromatic carbocycles. The normalized spacial score (nSPS) is 12.8. The first-order valence-electron chi connectivity index (χ1n) is 14.6. The summed E-state index contributed by atoms with van der Waals surface area (Å²) in [5, 5.41) is 0. The molecule has 0 aliphatic heterocycles. The van der Waals surface area contributed by atoms with Gasteiger partial charge in [0.25, 0.3) is 5.56 Å².